The first kappa shape index (κ1) is 25.1. The summed E-state index contributed by atoms with van der Waals surface area (Å²) in [5.74, 6) is -18.8. The second-order valence-corrected chi connectivity index (χ2v) is 6.77. The van der Waals surface area contributed by atoms with Crippen LogP contribution in [-0.4, -0.2) is 41.6 Å². The molecule has 0 amide bonds. The van der Waals surface area contributed by atoms with Gasteiger partial charge >= 0.3 is 23.9 Å². The highest BCUT2D eigenvalue weighted by atomic mass is 127. The molecule has 2 nitrogen and oxygen atoms in total. The molecule has 0 aliphatic carbocycles. The number of rotatable bonds is 11. The van der Waals surface area contributed by atoms with Crippen molar-refractivity contribution in [3.8, 4) is 5.75 Å². The molecule has 0 saturated heterocycles. The topological polar surface area (TPSA) is 18.5 Å². The summed E-state index contributed by atoms with van der Waals surface area (Å²) >= 11 is 2.13. The Morgan fingerprint density at radius 2 is 1.36 bits per heavy atom. The third-order valence-electron chi connectivity index (χ3n) is 3.53. The van der Waals surface area contributed by atoms with E-state index < -0.39 is 43.4 Å². The fraction of sp³-hybridized carbons (Fsp3) is 0.625. The molecule has 28 heavy (non-hydrogen) atoms. The quantitative estimate of drug-likeness (QED) is 0.143. The number of halogens is 10. The molecule has 0 heterocycles. The molecule has 0 saturated carbocycles. The standard InChI is InChI=1S/C16H16F9IO2/c17-13(18,14(19,20)15(21,22)16(23,24)25)6-1-8-28-12-4-2-11(3-5-12)10-27-9-7-26/h2-5H,1,6-10H2. The van der Waals surface area contributed by atoms with E-state index in [1.54, 1.807) is 12.1 Å². The Balaban J connectivity index is 2.56. The van der Waals surface area contributed by atoms with Crippen LogP contribution in [0.1, 0.15) is 18.4 Å². The van der Waals surface area contributed by atoms with Crippen LogP contribution in [-0.2, 0) is 11.3 Å². The lowest BCUT2D eigenvalue weighted by atomic mass is 10.00. The van der Waals surface area contributed by atoms with Gasteiger partial charge in [-0.15, -0.1) is 0 Å². The number of alkyl halides is 10. The zero-order valence-corrected chi connectivity index (χ0v) is 16.3. The second kappa shape index (κ2) is 9.72. The van der Waals surface area contributed by atoms with Crippen LogP contribution >= 0.6 is 22.6 Å². The molecule has 1 rings (SSSR count). The molecule has 0 atom stereocenters. The summed E-state index contributed by atoms with van der Waals surface area (Å²) in [4.78, 5) is 0. The molecule has 0 bridgehead atoms. The highest BCUT2D eigenvalue weighted by Gasteiger charge is 2.81. The van der Waals surface area contributed by atoms with Crippen LogP contribution in [0.2, 0.25) is 0 Å². The van der Waals surface area contributed by atoms with Gasteiger partial charge in [0.15, 0.2) is 0 Å². The monoisotopic (exact) mass is 538 g/mol. The van der Waals surface area contributed by atoms with Gasteiger partial charge in [-0.3, -0.25) is 0 Å². The van der Waals surface area contributed by atoms with Crippen molar-refractivity contribution < 1.29 is 49.0 Å². The Bertz CT molecular complexity index is 603. The molecule has 0 N–H and O–H groups in total. The Morgan fingerprint density at radius 3 is 1.86 bits per heavy atom. The van der Waals surface area contributed by atoms with Gasteiger partial charge in [-0.25, -0.2) is 0 Å². The largest absolute Gasteiger partial charge is 0.494 e. The lowest BCUT2D eigenvalue weighted by Gasteiger charge is -2.33. The molecule has 12 heteroatoms. The lowest BCUT2D eigenvalue weighted by molar-refractivity contribution is -0.396. The molecular formula is C16H16F9IO2. The summed E-state index contributed by atoms with van der Waals surface area (Å²) in [6.07, 6.45) is -9.58. The molecule has 1 aromatic carbocycles. The van der Waals surface area contributed by atoms with Crippen molar-refractivity contribution in [1.82, 2.24) is 0 Å². The summed E-state index contributed by atoms with van der Waals surface area (Å²) in [7, 11) is 0. The highest BCUT2D eigenvalue weighted by molar-refractivity contribution is 14.1. The lowest BCUT2D eigenvalue weighted by Crippen LogP contribution is -2.60. The van der Waals surface area contributed by atoms with Gasteiger partial charge in [-0.05, 0) is 24.1 Å². The van der Waals surface area contributed by atoms with Crippen LogP contribution in [0.15, 0.2) is 24.3 Å². The Labute approximate surface area is 168 Å². The number of ether oxygens (including phenoxy) is 2. The van der Waals surface area contributed by atoms with Crippen LogP contribution in [0, 0.1) is 0 Å². The van der Waals surface area contributed by atoms with Crippen LogP contribution < -0.4 is 4.74 Å². The van der Waals surface area contributed by atoms with Gasteiger partial charge in [0.25, 0.3) is 0 Å². The average Bonchev–Trinajstić information content (AvgIpc) is 2.59. The highest BCUT2D eigenvalue weighted by Crippen LogP contribution is 2.54. The first-order valence-corrected chi connectivity index (χ1v) is 9.34. The van der Waals surface area contributed by atoms with E-state index in [4.69, 9.17) is 9.47 Å². The van der Waals surface area contributed by atoms with Gasteiger partial charge in [0, 0.05) is 10.8 Å². The summed E-state index contributed by atoms with van der Waals surface area (Å²) in [6, 6.07) is 6.12. The average molecular weight is 538 g/mol. The zero-order chi connectivity index (χ0) is 21.6. The maximum Gasteiger partial charge on any atom is 0.460 e. The minimum atomic E-state index is -6.86. The summed E-state index contributed by atoms with van der Waals surface area (Å²) in [5, 5.41) is 0. The van der Waals surface area contributed by atoms with E-state index in [1.807, 2.05) is 0 Å². The van der Waals surface area contributed by atoms with E-state index >= 15 is 0 Å². The van der Waals surface area contributed by atoms with Crippen molar-refractivity contribution >= 4 is 22.6 Å². The van der Waals surface area contributed by atoms with E-state index in [0.29, 0.717) is 13.2 Å². The van der Waals surface area contributed by atoms with Gasteiger partial charge in [-0.1, -0.05) is 34.7 Å². The fourth-order valence-electron chi connectivity index (χ4n) is 1.98. The van der Waals surface area contributed by atoms with E-state index in [1.165, 1.54) is 12.1 Å². The van der Waals surface area contributed by atoms with Crippen molar-refractivity contribution in [3.05, 3.63) is 29.8 Å². The van der Waals surface area contributed by atoms with Crippen molar-refractivity contribution in [1.29, 1.82) is 0 Å². The maximum atomic E-state index is 13.4. The van der Waals surface area contributed by atoms with E-state index in [9.17, 15) is 39.5 Å². The van der Waals surface area contributed by atoms with Crippen LogP contribution in [0.5, 0.6) is 5.75 Å². The van der Waals surface area contributed by atoms with Gasteiger partial charge in [0.2, 0.25) is 0 Å². The van der Waals surface area contributed by atoms with Gasteiger partial charge < -0.3 is 9.47 Å². The SMILES string of the molecule is FC(F)(F)C(F)(F)C(F)(F)C(F)(F)CCCOc1ccc(COCCI)cc1. The first-order chi connectivity index (χ1) is 12.8. The summed E-state index contributed by atoms with van der Waals surface area (Å²) < 4.78 is 126. The van der Waals surface area contributed by atoms with Gasteiger partial charge in [0.05, 0.1) is 19.8 Å². The van der Waals surface area contributed by atoms with E-state index in [0.717, 1.165) is 9.99 Å². The minimum Gasteiger partial charge on any atom is -0.494 e. The number of hydrogen-bond acceptors (Lipinski definition) is 2. The predicted octanol–water partition coefficient (Wildman–Crippen LogP) is 6.27. The second-order valence-electron chi connectivity index (χ2n) is 5.69. The van der Waals surface area contributed by atoms with Crippen LogP contribution in [0.4, 0.5) is 39.5 Å². The number of hydrogen-bond donors (Lipinski definition) is 0. The molecular weight excluding hydrogens is 522 g/mol. The van der Waals surface area contributed by atoms with Crippen molar-refractivity contribution in [3.63, 3.8) is 0 Å². The summed E-state index contributed by atoms with van der Waals surface area (Å²) in [6.45, 7) is 0.303. The first-order valence-electron chi connectivity index (χ1n) is 7.82. The Hall–Kier alpha value is -0.920. The maximum absolute atomic E-state index is 13.4. The third-order valence-corrected chi connectivity index (χ3v) is 3.97. The fourth-order valence-corrected chi connectivity index (χ4v) is 2.29. The molecule has 0 radical (unpaired) electrons. The zero-order valence-electron chi connectivity index (χ0n) is 14.1. The molecule has 0 aliphatic heterocycles. The van der Waals surface area contributed by atoms with Crippen LogP contribution in [0.25, 0.3) is 0 Å². The Kier molecular flexibility index (Phi) is 8.72. The molecule has 1 aromatic rings. The molecule has 0 unspecified atom stereocenters. The molecule has 0 aliphatic rings. The van der Waals surface area contributed by atoms with Crippen LogP contribution in [0.3, 0.4) is 0 Å². The van der Waals surface area contributed by atoms with Crippen molar-refractivity contribution in [2.24, 2.45) is 0 Å². The normalized spacial score (nSPS) is 13.6. The third kappa shape index (κ3) is 6.04. The molecule has 162 valence electrons. The smallest absolute Gasteiger partial charge is 0.460 e. The van der Waals surface area contributed by atoms with E-state index in [-0.39, 0.29) is 5.75 Å². The van der Waals surface area contributed by atoms with Gasteiger partial charge in [-0.2, -0.15) is 39.5 Å². The molecule has 0 spiro atoms. The Morgan fingerprint density at radius 1 is 0.786 bits per heavy atom. The van der Waals surface area contributed by atoms with Crippen molar-refractivity contribution in [2.45, 2.75) is 43.4 Å². The predicted molar refractivity (Wildman–Crippen MR) is 90.6 cm³/mol. The minimum absolute atomic E-state index is 0.188. The molecule has 0 aromatic heterocycles. The van der Waals surface area contributed by atoms with E-state index in [2.05, 4.69) is 22.6 Å². The van der Waals surface area contributed by atoms with Gasteiger partial charge in [0.1, 0.15) is 5.75 Å². The molecule has 0 fully saturated rings. The number of benzene rings is 1. The van der Waals surface area contributed by atoms with Crippen molar-refractivity contribution in [2.75, 3.05) is 17.6 Å². The summed E-state index contributed by atoms with van der Waals surface area (Å²) in [5.41, 5.74) is 0.790.